The summed E-state index contributed by atoms with van der Waals surface area (Å²) < 4.78 is 10.9. The first-order chi connectivity index (χ1) is 13.6. The number of methoxy groups -OCH3 is 1. The molecule has 1 aliphatic rings. The number of hydrogen-bond acceptors (Lipinski definition) is 6. The largest absolute Gasteiger partial charge is 0.503 e. The minimum absolute atomic E-state index is 0.0147. The highest BCUT2D eigenvalue weighted by Gasteiger charge is 2.11. The highest BCUT2D eigenvalue weighted by molar-refractivity contribution is 9.10. The molecule has 28 heavy (non-hydrogen) atoms. The van der Waals surface area contributed by atoms with Gasteiger partial charge in [-0.05, 0) is 51.3 Å². The molecular weight excluding hydrogens is 426 g/mol. The fourth-order valence-corrected chi connectivity index (χ4v) is 3.29. The van der Waals surface area contributed by atoms with Crippen molar-refractivity contribution in [1.82, 2.24) is 10.3 Å². The Hall–Kier alpha value is -2.42. The van der Waals surface area contributed by atoms with Gasteiger partial charge in [0.15, 0.2) is 11.5 Å². The number of hydrogen-bond donors (Lipinski definition) is 2. The van der Waals surface area contributed by atoms with Crippen molar-refractivity contribution in [3.05, 3.63) is 57.6 Å². The van der Waals surface area contributed by atoms with E-state index in [4.69, 9.17) is 9.47 Å². The van der Waals surface area contributed by atoms with Crippen LogP contribution < -0.4 is 10.2 Å². The minimum Gasteiger partial charge on any atom is -0.503 e. The van der Waals surface area contributed by atoms with Gasteiger partial charge in [0.25, 0.3) is 5.91 Å². The van der Waals surface area contributed by atoms with Crippen LogP contribution >= 0.6 is 15.9 Å². The Balaban J connectivity index is 1.57. The van der Waals surface area contributed by atoms with Crippen LogP contribution in [0, 0.1) is 0 Å². The maximum absolute atomic E-state index is 12.3. The molecule has 2 aromatic rings. The standard InChI is InChI=1S/C20H22BrN3O4/c1-27-18-11-15(10-17(21)19(18)25)12-22-23-20(26)16-4-2-14(3-5-16)13-24-6-8-28-9-7-24/h2-5,10-12,25H,6-9,13H2,1H3,(H,23,26)/b22-12-. The lowest BCUT2D eigenvalue weighted by atomic mass is 10.1. The fourth-order valence-electron chi connectivity index (χ4n) is 2.83. The van der Waals surface area contributed by atoms with Gasteiger partial charge in [0.2, 0.25) is 0 Å². The second kappa shape index (κ2) is 9.68. The molecule has 0 saturated carbocycles. The van der Waals surface area contributed by atoms with Crippen LogP contribution in [0.3, 0.4) is 0 Å². The average Bonchev–Trinajstić information content (AvgIpc) is 2.71. The third kappa shape index (κ3) is 5.31. The summed E-state index contributed by atoms with van der Waals surface area (Å²) in [7, 11) is 1.47. The molecule has 8 heteroatoms. The number of ether oxygens (including phenoxy) is 2. The predicted molar refractivity (Wildman–Crippen MR) is 110 cm³/mol. The number of phenols is 1. The van der Waals surface area contributed by atoms with Crippen molar-refractivity contribution >= 4 is 28.1 Å². The Morgan fingerprint density at radius 1 is 1.32 bits per heavy atom. The molecular formula is C20H22BrN3O4. The predicted octanol–water partition coefficient (Wildman–Crippen LogP) is 2.76. The van der Waals surface area contributed by atoms with Crippen LogP contribution in [-0.2, 0) is 11.3 Å². The number of rotatable bonds is 6. The molecule has 0 bridgehead atoms. The zero-order chi connectivity index (χ0) is 19.9. The van der Waals surface area contributed by atoms with Gasteiger partial charge in [-0.1, -0.05) is 12.1 Å². The van der Waals surface area contributed by atoms with E-state index in [1.54, 1.807) is 24.3 Å². The van der Waals surface area contributed by atoms with E-state index < -0.39 is 0 Å². The normalized spacial score (nSPS) is 14.9. The lowest BCUT2D eigenvalue weighted by molar-refractivity contribution is 0.0342. The highest BCUT2D eigenvalue weighted by atomic mass is 79.9. The van der Waals surface area contributed by atoms with Crippen molar-refractivity contribution < 1.29 is 19.4 Å². The molecule has 1 saturated heterocycles. The average molecular weight is 448 g/mol. The van der Waals surface area contributed by atoms with Gasteiger partial charge in [0.1, 0.15) is 0 Å². The van der Waals surface area contributed by atoms with Crippen molar-refractivity contribution in [3.63, 3.8) is 0 Å². The maximum atomic E-state index is 12.3. The number of amides is 1. The first-order valence-electron chi connectivity index (χ1n) is 8.86. The molecule has 1 aliphatic heterocycles. The molecule has 3 rings (SSSR count). The second-order valence-corrected chi connectivity index (χ2v) is 7.19. The van der Waals surface area contributed by atoms with E-state index in [1.807, 2.05) is 12.1 Å². The molecule has 1 heterocycles. The summed E-state index contributed by atoms with van der Waals surface area (Å²) in [6.07, 6.45) is 1.48. The van der Waals surface area contributed by atoms with Crippen molar-refractivity contribution in [1.29, 1.82) is 0 Å². The molecule has 2 N–H and O–H groups in total. The minimum atomic E-state index is -0.293. The molecule has 0 spiro atoms. The number of hydrazone groups is 1. The third-order valence-corrected chi connectivity index (χ3v) is 4.98. The van der Waals surface area contributed by atoms with E-state index in [0.29, 0.717) is 21.3 Å². The molecule has 7 nitrogen and oxygen atoms in total. The van der Waals surface area contributed by atoms with Crippen LogP contribution in [-0.4, -0.2) is 55.5 Å². The van der Waals surface area contributed by atoms with Crippen LogP contribution in [0.2, 0.25) is 0 Å². The van der Waals surface area contributed by atoms with Gasteiger partial charge in [-0.25, -0.2) is 5.43 Å². The summed E-state index contributed by atoms with van der Waals surface area (Å²) >= 11 is 3.25. The molecule has 0 aliphatic carbocycles. The zero-order valence-electron chi connectivity index (χ0n) is 15.5. The summed E-state index contributed by atoms with van der Waals surface area (Å²) in [5.41, 5.74) is 4.86. The van der Waals surface area contributed by atoms with Crippen molar-refractivity contribution in [2.75, 3.05) is 33.4 Å². The zero-order valence-corrected chi connectivity index (χ0v) is 17.1. The summed E-state index contributed by atoms with van der Waals surface area (Å²) in [5, 5.41) is 13.8. The van der Waals surface area contributed by atoms with E-state index in [1.165, 1.54) is 13.3 Å². The number of morpholine rings is 1. The van der Waals surface area contributed by atoms with E-state index in [-0.39, 0.29) is 11.7 Å². The van der Waals surface area contributed by atoms with E-state index in [0.717, 1.165) is 38.4 Å². The summed E-state index contributed by atoms with van der Waals surface area (Å²) in [6.45, 7) is 4.23. The van der Waals surface area contributed by atoms with Crippen LogP contribution in [0.4, 0.5) is 0 Å². The Morgan fingerprint density at radius 2 is 2.04 bits per heavy atom. The third-order valence-electron chi connectivity index (χ3n) is 4.38. The molecule has 1 fully saturated rings. The SMILES string of the molecule is COc1cc(/C=N\NC(=O)c2ccc(CN3CCOCC3)cc2)cc(Br)c1O. The monoisotopic (exact) mass is 447 g/mol. The van der Waals surface area contributed by atoms with Crippen LogP contribution in [0.25, 0.3) is 0 Å². The van der Waals surface area contributed by atoms with Crippen molar-refractivity contribution in [2.45, 2.75) is 6.54 Å². The van der Waals surface area contributed by atoms with Crippen molar-refractivity contribution in [3.8, 4) is 11.5 Å². The Morgan fingerprint density at radius 3 is 2.71 bits per heavy atom. The Bertz CT molecular complexity index is 849. The smallest absolute Gasteiger partial charge is 0.271 e. The molecule has 2 aromatic carbocycles. The first-order valence-corrected chi connectivity index (χ1v) is 9.65. The summed E-state index contributed by atoms with van der Waals surface area (Å²) in [4.78, 5) is 14.6. The Kier molecular flexibility index (Phi) is 7.02. The van der Waals surface area contributed by atoms with Gasteiger partial charge in [-0.15, -0.1) is 0 Å². The van der Waals surface area contributed by atoms with E-state index in [9.17, 15) is 9.90 Å². The number of nitrogens with one attached hydrogen (secondary N) is 1. The van der Waals surface area contributed by atoms with Crippen LogP contribution in [0.5, 0.6) is 11.5 Å². The molecule has 0 aromatic heterocycles. The lowest BCUT2D eigenvalue weighted by Crippen LogP contribution is -2.35. The van der Waals surface area contributed by atoms with Crippen LogP contribution in [0.1, 0.15) is 21.5 Å². The van der Waals surface area contributed by atoms with Gasteiger partial charge >= 0.3 is 0 Å². The lowest BCUT2D eigenvalue weighted by Gasteiger charge is -2.26. The van der Waals surface area contributed by atoms with Gasteiger partial charge in [0, 0.05) is 25.2 Å². The van der Waals surface area contributed by atoms with Gasteiger partial charge in [-0.3, -0.25) is 9.69 Å². The quantitative estimate of drug-likeness (QED) is 0.525. The van der Waals surface area contributed by atoms with Crippen LogP contribution in [0.15, 0.2) is 46.0 Å². The number of benzene rings is 2. The molecule has 1 amide bonds. The van der Waals surface area contributed by atoms with E-state index >= 15 is 0 Å². The van der Waals surface area contributed by atoms with Gasteiger partial charge in [-0.2, -0.15) is 5.10 Å². The first kappa shape index (κ1) is 20.3. The summed E-state index contributed by atoms with van der Waals surface area (Å²) in [6, 6.07) is 10.8. The second-order valence-electron chi connectivity index (χ2n) is 6.34. The number of phenolic OH excluding ortho intramolecular Hbond substituents is 1. The number of nitrogens with zero attached hydrogens (tertiary/aromatic N) is 2. The van der Waals surface area contributed by atoms with Gasteiger partial charge in [0.05, 0.1) is 31.0 Å². The summed E-state index contributed by atoms with van der Waals surface area (Å²) in [5.74, 6) is 0.0397. The number of aromatic hydroxyl groups is 1. The molecule has 0 radical (unpaired) electrons. The highest BCUT2D eigenvalue weighted by Crippen LogP contribution is 2.34. The topological polar surface area (TPSA) is 83.4 Å². The number of carbonyl (C=O) groups excluding carboxylic acids is 1. The van der Waals surface area contributed by atoms with Gasteiger partial charge < -0.3 is 14.6 Å². The molecule has 148 valence electrons. The fraction of sp³-hybridized carbons (Fsp3) is 0.300. The Labute approximate surface area is 172 Å². The number of halogens is 1. The molecule has 0 atom stereocenters. The molecule has 0 unspecified atom stereocenters. The van der Waals surface area contributed by atoms with Crippen molar-refractivity contribution in [2.24, 2.45) is 5.10 Å². The van der Waals surface area contributed by atoms with E-state index in [2.05, 4.69) is 31.4 Å². The number of carbonyl (C=O) groups is 1. The maximum Gasteiger partial charge on any atom is 0.271 e.